The zero-order chi connectivity index (χ0) is 18.4. The molecule has 0 aliphatic carbocycles. The molecule has 0 unspecified atom stereocenters. The van der Waals surface area contributed by atoms with Gasteiger partial charge in [-0.05, 0) is 23.6 Å². The van der Waals surface area contributed by atoms with Crippen molar-refractivity contribution in [3.63, 3.8) is 0 Å². The summed E-state index contributed by atoms with van der Waals surface area (Å²) >= 11 is 1.82. The number of benzene rings is 1. The van der Waals surface area contributed by atoms with Gasteiger partial charge in [-0.2, -0.15) is 0 Å². The fraction of sp³-hybridized carbons (Fsp3) is 0.476. The highest BCUT2D eigenvalue weighted by Gasteiger charge is 2.26. The Balaban J connectivity index is 1.49. The average Bonchev–Trinajstić information content (AvgIpc) is 3.20. The van der Waals surface area contributed by atoms with Crippen LogP contribution in [-0.2, 0) is 5.41 Å². The lowest BCUT2D eigenvalue weighted by molar-refractivity contribution is 0.129. The van der Waals surface area contributed by atoms with Gasteiger partial charge < -0.3 is 15.0 Å². The van der Waals surface area contributed by atoms with E-state index in [2.05, 4.69) is 46.6 Å². The van der Waals surface area contributed by atoms with E-state index in [-0.39, 0.29) is 11.5 Å². The van der Waals surface area contributed by atoms with Gasteiger partial charge in [0, 0.05) is 49.8 Å². The lowest BCUT2D eigenvalue weighted by Gasteiger charge is -2.35. The summed E-state index contributed by atoms with van der Waals surface area (Å²) in [6, 6.07) is 14.4. The summed E-state index contributed by atoms with van der Waals surface area (Å²) in [6.45, 7) is 7.37. The maximum atomic E-state index is 6.09. The maximum Gasteiger partial charge on any atom is 0.193 e. The summed E-state index contributed by atoms with van der Waals surface area (Å²) in [5.74, 6) is 1.96. The molecule has 0 saturated carbocycles. The van der Waals surface area contributed by atoms with Crippen molar-refractivity contribution in [3.05, 3.63) is 52.7 Å². The number of hydrogen-bond acceptors (Lipinski definition) is 3. The van der Waals surface area contributed by atoms with E-state index in [1.165, 1.54) is 4.88 Å². The van der Waals surface area contributed by atoms with Crippen molar-refractivity contribution in [2.24, 2.45) is 4.99 Å². The van der Waals surface area contributed by atoms with Crippen molar-refractivity contribution < 1.29 is 4.74 Å². The first-order valence-corrected chi connectivity index (χ1v) is 10.2. The predicted octanol–water partition coefficient (Wildman–Crippen LogP) is 4.14. The minimum atomic E-state index is 0.0961. The highest BCUT2D eigenvalue weighted by atomic mass is 32.1. The molecular weight excluding hydrogens is 342 g/mol. The highest BCUT2D eigenvalue weighted by molar-refractivity contribution is 7.10. The van der Waals surface area contributed by atoms with E-state index in [0.29, 0.717) is 0 Å². The molecule has 0 spiro atoms. The fourth-order valence-electron chi connectivity index (χ4n) is 3.26. The van der Waals surface area contributed by atoms with Crippen molar-refractivity contribution in [2.45, 2.75) is 38.2 Å². The van der Waals surface area contributed by atoms with E-state index in [4.69, 9.17) is 4.74 Å². The molecule has 0 amide bonds. The minimum Gasteiger partial charge on any atom is -0.490 e. The third kappa shape index (κ3) is 4.79. The molecule has 1 N–H and O–H groups in total. The number of likely N-dealkylation sites (tertiary alicyclic amines) is 1. The van der Waals surface area contributed by atoms with Crippen molar-refractivity contribution in [3.8, 4) is 5.75 Å². The summed E-state index contributed by atoms with van der Waals surface area (Å²) in [6.07, 6.45) is 2.32. The Bertz CT molecular complexity index is 689. The van der Waals surface area contributed by atoms with Crippen LogP contribution in [0.25, 0.3) is 0 Å². The molecule has 0 radical (unpaired) electrons. The number of guanidine groups is 1. The van der Waals surface area contributed by atoms with Gasteiger partial charge in [0.05, 0.1) is 0 Å². The van der Waals surface area contributed by atoms with Crippen LogP contribution in [0.2, 0.25) is 0 Å². The topological polar surface area (TPSA) is 36.9 Å². The van der Waals surface area contributed by atoms with Gasteiger partial charge in [0.15, 0.2) is 5.96 Å². The van der Waals surface area contributed by atoms with E-state index in [1.54, 1.807) is 0 Å². The van der Waals surface area contributed by atoms with E-state index < -0.39 is 0 Å². The van der Waals surface area contributed by atoms with Gasteiger partial charge in [0.2, 0.25) is 0 Å². The first kappa shape index (κ1) is 18.8. The van der Waals surface area contributed by atoms with Gasteiger partial charge in [-0.3, -0.25) is 4.99 Å². The lowest BCUT2D eigenvalue weighted by atomic mass is 9.91. The van der Waals surface area contributed by atoms with Crippen LogP contribution in [0, 0.1) is 0 Å². The molecule has 26 heavy (non-hydrogen) atoms. The number of nitrogens with one attached hydrogen (secondary N) is 1. The smallest absolute Gasteiger partial charge is 0.193 e. The van der Waals surface area contributed by atoms with Crippen LogP contribution in [-0.4, -0.2) is 43.6 Å². The minimum absolute atomic E-state index is 0.0961. The Hall–Kier alpha value is -2.01. The number of ether oxygens (including phenoxy) is 1. The number of para-hydroxylation sites is 1. The Kier molecular flexibility index (Phi) is 6.20. The molecule has 5 heteroatoms. The van der Waals surface area contributed by atoms with Gasteiger partial charge >= 0.3 is 0 Å². The molecule has 1 aliphatic rings. The second-order valence-electron chi connectivity index (χ2n) is 7.38. The Morgan fingerprint density at radius 1 is 1.19 bits per heavy atom. The summed E-state index contributed by atoms with van der Waals surface area (Å²) in [4.78, 5) is 8.24. The lowest BCUT2D eigenvalue weighted by Crippen LogP contribution is -2.49. The number of aliphatic imine (C=N–C) groups is 1. The molecule has 0 bridgehead atoms. The maximum absolute atomic E-state index is 6.09. The zero-order valence-electron chi connectivity index (χ0n) is 15.9. The third-order valence-corrected chi connectivity index (χ3v) is 6.11. The molecule has 0 atom stereocenters. The number of rotatable bonds is 5. The van der Waals surface area contributed by atoms with Crippen LogP contribution < -0.4 is 10.1 Å². The summed E-state index contributed by atoms with van der Waals surface area (Å²) in [5, 5.41) is 5.72. The predicted molar refractivity (Wildman–Crippen MR) is 110 cm³/mol. The third-order valence-electron chi connectivity index (χ3n) is 4.88. The van der Waals surface area contributed by atoms with Crippen LogP contribution in [0.4, 0.5) is 0 Å². The SMILES string of the molecule is CN=C(NCC(C)(C)c1cccs1)N1CCC(Oc2ccccc2)CC1. The standard InChI is InChI=1S/C21H29N3OS/c1-21(2,19-10-7-15-26-19)16-23-20(22-3)24-13-11-18(12-14-24)25-17-8-5-4-6-9-17/h4-10,15,18H,11-14,16H2,1-3H3,(H,22,23). The van der Waals surface area contributed by atoms with Crippen LogP contribution in [0.3, 0.4) is 0 Å². The molecule has 1 aliphatic heterocycles. The highest BCUT2D eigenvalue weighted by Crippen LogP contribution is 2.26. The molecule has 1 saturated heterocycles. The molecule has 3 rings (SSSR count). The molecular formula is C21H29N3OS. The van der Waals surface area contributed by atoms with E-state index in [1.807, 2.05) is 48.7 Å². The fourth-order valence-corrected chi connectivity index (χ4v) is 4.11. The molecule has 140 valence electrons. The zero-order valence-corrected chi connectivity index (χ0v) is 16.8. The van der Waals surface area contributed by atoms with Crippen molar-refractivity contribution >= 4 is 17.3 Å². The Labute approximate surface area is 160 Å². The van der Waals surface area contributed by atoms with Crippen LogP contribution in [0.1, 0.15) is 31.6 Å². The van der Waals surface area contributed by atoms with Crippen LogP contribution >= 0.6 is 11.3 Å². The van der Waals surface area contributed by atoms with Gasteiger partial charge in [-0.15, -0.1) is 11.3 Å². The summed E-state index contributed by atoms with van der Waals surface area (Å²) in [7, 11) is 1.87. The second kappa shape index (κ2) is 8.58. The number of piperidine rings is 1. The number of thiophene rings is 1. The van der Waals surface area contributed by atoms with Crippen molar-refractivity contribution in [2.75, 3.05) is 26.7 Å². The van der Waals surface area contributed by atoms with E-state index in [0.717, 1.165) is 44.2 Å². The molecule has 2 heterocycles. The molecule has 4 nitrogen and oxygen atoms in total. The quantitative estimate of drug-likeness (QED) is 0.634. The summed E-state index contributed by atoms with van der Waals surface area (Å²) < 4.78 is 6.09. The van der Waals surface area contributed by atoms with Gasteiger partial charge in [-0.25, -0.2) is 0 Å². The van der Waals surface area contributed by atoms with Gasteiger partial charge in [-0.1, -0.05) is 38.1 Å². The van der Waals surface area contributed by atoms with Crippen molar-refractivity contribution in [1.82, 2.24) is 10.2 Å². The van der Waals surface area contributed by atoms with Gasteiger partial charge in [0.25, 0.3) is 0 Å². The average molecular weight is 372 g/mol. The number of nitrogens with zero attached hydrogens (tertiary/aromatic N) is 2. The van der Waals surface area contributed by atoms with Crippen LogP contribution in [0.15, 0.2) is 52.8 Å². The van der Waals surface area contributed by atoms with Gasteiger partial charge in [0.1, 0.15) is 11.9 Å². The Morgan fingerprint density at radius 3 is 2.54 bits per heavy atom. The first-order valence-electron chi connectivity index (χ1n) is 9.30. The van der Waals surface area contributed by atoms with Crippen LogP contribution in [0.5, 0.6) is 5.75 Å². The number of hydrogen-bond donors (Lipinski definition) is 1. The van der Waals surface area contributed by atoms with E-state index >= 15 is 0 Å². The molecule has 1 fully saturated rings. The molecule has 2 aromatic rings. The second-order valence-corrected chi connectivity index (χ2v) is 8.33. The van der Waals surface area contributed by atoms with Crippen molar-refractivity contribution in [1.29, 1.82) is 0 Å². The molecule has 1 aromatic heterocycles. The summed E-state index contributed by atoms with van der Waals surface area (Å²) in [5.41, 5.74) is 0.0961. The van der Waals surface area contributed by atoms with E-state index in [9.17, 15) is 0 Å². The molecule has 1 aromatic carbocycles. The normalized spacial score (nSPS) is 16.6. The Morgan fingerprint density at radius 2 is 1.92 bits per heavy atom. The monoisotopic (exact) mass is 371 g/mol. The first-order chi connectivity index (χ1) is 12.6. The largest absolute Gasteiger partial charge is 0.490 e.